The van der Waals surface area contributed by atoms with Crippen molar-refractivity contribution >= 4 is 12.0 Å². The number of nitrogens with one attached hydrogen (secondary N) is 2. The molecule has 3 rings (SSSR count). The van der Waals surface area contributed by atoms with Crippen LogP contribution in [0.25, 0.3) is 0 Å². The van der Waals surface area contributed by atoms with Gasteiger partial charge in [-0.2, -0.15) is 0 Å². The van der Waals surface area contributed by atoms with Gasteiger partial charge in [0.05, 0.1) is 25.8 Å². The molecule has 0 spiro atoms. The second-order valence-electron chi connectivity index (χ2n) is 6.24. The summed E-state index contributed by atoms with van der Waals surface area (Å²) in [5.41, 5.74) is 2.26. The summed E-state index contributed by atoms with van der Waals surface area (Å²) in [6, 6.07) is 13.5. The molecule has 0 fully saturated rings. The van der Waals surface area contributed by atoms with Crippen LogP contribution in [0.15, 0.2) is 59.8 Å². The summed E-state index contributed by atoms with van der Waals surface area (Å²) >= 11 is 0. The quantitative estimate of drug-likeness (QED) is 0.750. The van der Waals surface area contributed by atoms with Gasteiger partial charge < -0.3 is 24.8 Å². The maximum atomic E-state index is 12.9. The molecule has 1 aliphatic heterocycles. The van der Waals surface area contributed by atoms with Gasteiger partial charge in [0.15, 0.2) is 0 Å². The molecule has 0 radical (unpaired) electrons. The highest BCUT2D eigenvalue weighted by Crippen LogP contribution is 2.35. The number of ether oxygens (including phenoxy) is 3. The van der Waals surface area contributed by atoms with Crippen LogP contribution in [0.2, 0.25) is 0 Å². The van der Waals surface area contributed by atoms with Crippen molar-refractivity contribution in [1.29, 1.82) is 0 Å². The van der Waals surface area contributed by atoms with E-state index >= 15 is 0 Å². The number of allylic oxidation sites excluding steroid dienone is 1. The van der Waals surface area contributed by atoms with E-state index in [4.69, 9.17) is 14.2 Å². The molecule has 0 saturated heterocycles. The van der Waals surface area contributed by atoms with Crippen LogP contribution in [0.1, 0.15) is 24.1 Å². The highest BCUT2D eigenvalue weighted by molar-refractivity contribution is 5.95. The lowest BCUT2D eigenvalue weighted by Crippen LogP contribution is -2.45. The third-order valence-corrected chi connectivity index (χ3v) is 4.45. The second kappa shape index (κ2) is 8.47. The first kappa shape index (κ1) is 19.3. The summed E-state index contributed by atoms with van der Waals surface area (Å²) in [4.78, 5) is 24.9. The van der Waals surface area contributed by atoms with Gasteiger partial charge in [-0.1, -0.05) is 30.3 Å². The Kier molecular flexibility index (Phi) is 5.84. The van der Waals surface area contributed by atoms with Crippen LogP contribution < -0.4 is 20.1 Å². The van der Waals surface area contributed by atoms with Crippen LogP contribution in [0, 0.1) is 0 Å². The number of amides is 2. The maximum Gasteiger partial charge on any atom is 0.338 e. The molecule has 1 atom stereocenters. The average molecular weight is 382 g/mol. The molecule has 1 aliphatic rings. The van der Waals surface area contributed by atoms with Gasteiger partial charge in [0, 0.05) is 17.3 Å². The predicted octanol–water partition coefficient (Wildman–Crippen LogP) is 3.08. The number of carbonyl (C=O) groups excluding carboxylic acids is 2. The Hall–Kier alpha value is -3.48. The molecule has 0 aromatic heterocycles. The molecule has 7 heteroatoms. The molecule has 1 heterocycles. The Morgan fingerprint density at radius 2 is 1.82 bits per heavy atom. The second-order valence-corrected chi connectivity index (χ2v) is 6.24. The number of benzene rings is 2. The molecule has 146 valence electrons. The maximum absolute atomic E-state index is 12.9. The molecular formula is C21H22N2O5. The summed E-state index contributed by atoms with van der Waals surface area (Å²) in [6.45, 7) is 1.80. The number of methoxy groups -OCH3 is 2. The lowest BCUT2D eigenvalue weighted by molar-refractivity contribution is -0.140. The van der Waals surface area contributed by atoms with E-state index in [1.165, 1.54) is 7.11 Å². The molecule has 2 amide bonds. The van der Waals surface area contributed by atoms with Crippen molar-refractivity contribution in [3.63, 3.8) is 0 Å². The fraction of sp³-hybridized carbons (Fsp3) is 0.238. The number of hydrogen-bond acceptors (Lipinski definition) is 5. The van der Waals surface area contributed by atoms with Crippen LogP contribution in [0.4, 0.5) is 4.79 Å². The number of hydrogen-bond donors (Lipinski definition) is 2. The summed E-state index contributed by atoms with van der Waals surface area (Å²) < 4.78 is 16.2. The molecule has 2 aromatic rings. The van der Waals surface area contributed by atoms with E-state index in [-0.39, 0.29) is 6.61 Å². The monoisotopic (exact) mass is 382 g/mol. The van der Waals surface area contributed by atoms with Gasteiger partial charge in [-0.3, -0.25) is 0 Å². The number of urea groups is 1. The highest BCUT2D eigenvalue weighted by Gasteiger charge is 2.34. The van der Waals surface area contributed by atoms with Gasteiger partial charge in [0.25, 0.3) is 0 Å². The third-order valence-electron chi connectivity index (χ3n) is 4.45. The van der Waals surface area contributed by atoms with Gasteiger partial charge in [-0.05, 0) is 24.6 Å². The number of carbonyl (C=O) groups is 2. The third kappa shape index (κ3) is 4.09. The standard InChI is InChI=1S/C21H22N2O5/c1-13-18(20(24)28-12-14-7-5-4-6-8-14)19(23-21(25)22-13)16-10-9-15(26-2)11-17(16)27-3/h4-11,19H,12H2,1-3H3,(H2,22,23,25)/t19-/m0/s1. The van der Waals surface area contributed by atoms with Crippen LogP contribution in [-0.2, 0) is 16.1 Å². The number of rotatable bonds is 6. The van der Waals surface area contributed by atoms with Gasteiger partial charge in [-0.15, -0.1) is 0 Å². The minimum absolute atomic E-state index is 0.136. The molecule has 2 aromatic carbocycles. The molecular weight excluding hydrogens is 360 g/mol. The van der Waals surface area contributed by atoms with Gasteiger partial charge in [-0.25, -0.2) is 9.59 Å². The minimum atomic E-state index is -0.710. The minimum Gasteiger partial charge on any atom is -0.497 e. The Labute approximate surface area is 163 Å². The van der Waals surface area contributed by atoms with E-state index in [0.29, 0.717) is 28.3 Å². The van der Waals surface area contributed by atoms with Crippen molar-refractivity contribution in [1.82, 2.24) is 10.6 Å². The van der Waals surface area contributed by atoms with Gasteiger partial charge >= 0.3 is 12.0 Å². The van der Waals surface area contributed by atoms with Crippen LogP contribution in [0.5, 0.6) is 11.5 Å². The summed E-state index contributed by atoms with van der Waals surface area (Å²) in [5.74, 6) is 0.583. The smallest absolute Gasteiger partial charge is 0.338 e. The SMILES string of the molecule is COc1ccc([C@@H]2NC(=O)NC(C)=C2C(=O)OCc2ccccc2)c(OC)c1. The largest absolute Gasteiger partial charge is 0.497 e. The van der Waals surface area contributed by atoms with Crippen molar-refractivity contribution < 1.29 is 23.8 Å². The van der Waals surface area contributed by atoms with E-state index in [1.54, 1.807) is 32.2 Å². The van der Waals surface area contributed by atoms with E-state index in [0.717, 1.165) is 5.56 Å². The molecule has 28 heavy (non-hydrogen) atoms. The molecule has 2 N–H and O–H groups in total. The van der Waals surface area contributed by atoms with E-state index in [9.17, 15) is 9.59 Å². The zero-order valence-corrected chi connectivity index (χ0v) is 15.9. The van der Waals surface area contributed by atoms with Crippen LogP contribution in [0.3, 0.4) is 0 Å². The highest BCUT2D eigenvalue weighted by atomic mass is 16.5. The van der Waals surface area contributed by atoms with E-state index in [1.807, 2.05) is 30.3 Å². The molecule has 7 nitrogen and oxygen atoms in total. The Bertz CT molecular complexity index is 908. The first-order valence-corrected chi connectivity index (χ1v) is 8.74. The Morgan fingerprint density at radius 3 is 2.50 bits per heavy atom. The van der Waals surface area contributed by atoms with Crippen molar-refractivity contribution in [2.24, 2.45) is 0 Å². The first-order chi connectivity index (χ1) is 13.5. The number of esters is 1. The lowest BCUT2D eigenvalue weighted by Gasteiger charge is -2.29. The fourth-order valence-corrected chi connectivity index (χ4v) is 3.06. The first-order valence-electron chi connectivity index (χ1n) is 8.74. The van der Waals surface area contributed by atoms with Crippen LogP contribution >= 0.6 is 0 Å². The predicted molar refractivity (Wildman–Crippen MR) is 103 cm³/mol. The lowest BCUT2D eigenvalue weighted by atomic mass is 9.94. The average Bonchev–Trinajstić information content (AvgIpc) is 2.71. The molecule has 0 saturated carbocycles. The molecule has 0 bridgehead atoms. The molecule has 0 unspecified atom stereocenters. The molecule has 0 aliphatic carbocycles. The fourth-order valence-electron chi connectivity index (χ4n) is 3.06. The zero-order chi connectivity index (χ0) is 20.1. The van der Waals surface area contributed by atoms with E-state index in [2.05, 4.69) is 10.6 Å². The van der Waals surface area contributed by atoms with Crippen molar-refractivity contribution in [2.45, 2.75) is 19.6 Å². The Balaban J connectivity index is 1.91. The normalized spacial score (nSPS) is 16.1. The Morgan fingerprint density at radius 1 is 1.07 bits per heavy atom. The van der Waals surface area contributed by atoms with Crippen molar-refractivity contribution in [2.75, 3.05) is 14.2 Å². The topological polar surface area (TPSA) is 85.9 Å². The van der Waals surface area contributed by atoms with Gasteiger partial charge in [0.1, 0.15) is 18.1 Å². The summed E-state index contributed by atoms with van der Waals surface area (Å²) in [7, 11) is 3.07. The summed E-state index contributed by atoms with van der Waals surface area (Å²) in [5, 5.41) is 5.41. The van der Waals surface area contributed by atoms with Gasteiger partial charge in [0.2, 0.25) is 0 Å². The van der Waals surface area contributed by atoms with Crippen molar-refractivity contribution in [3.05, 3.63) is 70.9 Å². The van der Waals surface area contributed by atoms with E-state index < -0.39 is 18.0 Å². The summed E-state index contributed by atoms with van der Waals surface area (Å²) in [6.07, 6.45) is 0. The van der Waals surface area contributed by atoms with Crippen LogP contribution in [-0.4, -0.2) is 26.2 Å². The zero-order valence-electron chi connectivity index (χ0n) is 15.9. The van der Waals surface area contributed by atoms with Crippen molar-refractivity contribution in [3.8, 4) is 11.5 Å².